The largest absolute Gasteiger partial charge is 0.307 e. The first-order chi connectivity index (χ1) is 9.40. The van der Waals surface area contributed by atoms with Crippen LogP contribution in [-0.2, 0) is 0 Å². The van der Waals surface area contributed by atoms with Crippen molar-refractivity contribution in [2.24, 2.45) is 5.92 Å². The molecular formula is C15H23N3S. The first-order valence-corrected chi connectivity index (χ1v) is 8.51. The Kier molecular flexibility index (Phi) is 3.35. The lowest BCUT2D eigenvalue weighted by Crippen LogP contribution is -2.63. The highest BCUT2D eigenvalue weighted by Gasteiger charge is 2.35. The van der Waals surface area contributed by atoms with Gasteiger partial charge in [0.15, 0.2) is 0 Å². The van der Waals surface area contributed by atoms with Crippen LogP contribution < -0.4 is 5.32 Å². The second kappa shape index (κ2) is 5.17. The van der Waals surface area contributed by atoms with Crippen molar-refractivity contribution in [2.45, 2.75) is 24.9 Å². The minimum Gasteiger partial charge on any atom is -0.307 e. The van der Waals surface area contributed by atoms with Gasteiger partial charge in [-0.1, -0.05) is 6.07 Å². The SMILES string of the molecule is c1csc(C(NCC2CN3CCN2CC3)C2CC2)c1. The first kappa shape index (κ1) is 12.3. The van der Waals surface area contributed by atoms with Gasteiger partial charge in [0.25, 0.3) is 0 Å². The molecule has 4 aliphatic rings. The van der Waals surface area contributed by atoms with Crippen LogP contribution in [0.1, 0.15) is 23.8 Å². The molecule has 1 aromatic heterocycles. The van der Waals surface area contributed by atoms with Crippen molar-refractivity contribution >= 4 is 11.3 Å². The molecule has 4 heterocycles. The second-order valence-electron chi connectivity index (χ2n) is 6.23. The molecule has 0 amide bonds. The van der Waals surface area contributed by atoms with E-state index in [0.29, 0.717) is 6.04 Å². The molecule has 3 aliphatic heterocycles. The molecule has 4 heteroatoms. The molecule has 4 fully saturated rings. The van der Waals surface area contributed by atoms with Crippen molar-refractivity contribution in [3.63, 3.8) is 0 Å². The highest BCUT2D eigenvalue weighted by atomic mass is 32.1. The number of rotatable bonds is 5. The molecule has 0 aromatic carbocycles. The maximum Gasteiger partial charge on any atom is 0.0443 e. The Morgan fingerprint density at radius 3 is 2.68 bits per heavy atom. The van der Waals surface area contributed by atoms with Crippen LogP contribution in [0.3, 0.4) is 0 Å². The van der Waals surface area contributed by atoms with E-state index in [9.17, 15) is 0 Å². The predicted octanol–water partition coefficient (Wildman–Crippen LogP) is 1.79. The van der Waals surface area contributed by atoms with E-state index in [-0.39, 0.29) is 0 Å². The summed E-state index contributed by atoms with van der Waals surface area (Å²) in [7, 11) is 0. The molecule has 2 bridgehead atoms. The zero-order valence-electron chi connectivity index (χ0n) is 11.4. The molecule has 0 spiro atoms. The van der Waals surface area contributed by atoms with Crippen molar-refractivity contribution < 1.29 is 0 Å². The van der Waals surface area contributed by atoms with Gasteiger partial charge >= 0.3 is 0 Å². The Morgan fingerprint density at radius 2 is 2.11 bits per heavy atom. The fraction of sp³-hybridized carbons (Fsp3) is 0.733. The number of fused-ring (bicyclic) bond motifs is 3. The van der Waals surface area contributed by atoms with Crippen molar-refractivity contribution in [2.75, 3.05) is 39.3 Å². The summed E-state index contributed by atoms with van der Waals surface area (Å²) in [5.41, 5.74) is 0. The topological polar surface area (TPSA) is 18.5 Å². The molecular weight excluding hydrogens is 254 g/mol. The van der Waals surface area contributed by atoms with Crippen LogP contribution in [0.2, 0.25) is 0 Å². The standard InChI is InChI=1S/C15H23N3S/c1-2-14(19-9-1)15(12-3-4-12)16-10-13-11-17-5-7-18(13)8-6-17/h1-2,9,12-13,15-16H,3-8,10-11H2. The van der Waals surface area contributed by atoms with E-state index in [1.54, 1.807) is 4.88 Å². The fourth-order valence-electron chi connectivity index (χ4n) is 3.58. The molecule has 3 saturated heterocycles. The lowest BCUT2D eigenvalue weighted by molar-refractivity contribution is 0.0124. The summed E-state index contributed by atoms with van der Waals surface area (Å²) in [6, 6.07) is 5.85. The Bertz CT molecular complexity index is 407. The Balaban J connectivity index is 1.38. The van der Waals surface area contributed by atoms with Gasteiger partial charge in [-0.25, -0.2) is 0 Å². The van der Waals surface area contributed by atoms with E-state index < -0.39 is 0 Å². The van der Waals surface area contributed by atoms with E-state index in [0.717, 1.165) is 18.5 Å². The number of hydrogen-bond donors (Lipinski definition) is 1. The average molecular weight is 277 g/mol. The molecule has 2 unspecified atom stereocenters. The maximum absolute atomic E-state index is 3.88. The Morgan fingerprint density at radius 1 is 1.26 bits per heavy atom. The van der Waals surface area contributed by atoms with Gasteiger partial charge in [-0.2, -0.15) is 0 Å². The summed E-state index contributed by atoms with van der Waals surface area (Å²) >= 11 is 1.91. The minimum atomic E-state index is 0.622. The van der Waals surface area contributed by atoms with E-state index >= 15 is 0 Å². The van der Waals surface area contributed by atoms with Crippen LogP contribution >= 0.6 is 11.3 Å². The monoisotopic (exact) mass is 277 g/mol. The predicted molar refractivity (Wildman–Crippen MR) is 79.6 cm³/mol. The molecule has 1 N–H and O–H groups in total. The maximum atomic E-state index is 3.88. The minimum absolute atomic E-state index is 0.622. The van der Waals surface area contributed by atoms with Gasteiger partial charge in [0.1, 0.15) is 0 Å². The van der Waals surface area contributed by atoms with Gasteiger partial charge in [0, 0.05) is 56.2 Å². The lowest BCUT2D eigenvalue weighted by atomic mass is 10.1. The number of piperazine rings is 3. The van der Waals surface area contributed by atoms with Crippen molar-refractivity contribution in [1.29, 1.82) is 0 Å². The van der Waals surface area contributed by atoms with Crippen LogP contribution in [0, 0.1) is 5.92 Å². The molecule has 1 saturated carbocycles. The number of nitrogens with one attached hydrogen (secondary N) is 1. The molecule has 5 rings (SSSR count). The highest BCUT2D eigenvalue weighted by Crippen LogP contribution is 2.42. The van der Waals surface area contributed by atoms with Crippen molar-refractivity contribution in [3.05, 3.63) is 22.4 Å². The van der Waals surface area contributed by atoms with Crippen LogP contribution in [0.15, 0.2) is 17.5 Å². The number of hydrogen-bond acceptors (Lipinski definition) is 4. The highest BCUT2D eigenvalue weighted by molar-refractivity contribution is 7.10. The summed E-state index contributed by atoms with van der Waals surface area (Å²) in [6.45, 7) is 7.56. The number of thiophene rings is 1. The third-order valence-electron chi connectivity index (χ3n) is 4.91. The summed E-state index contributed by atoms with van der Waals surface area (Å²) in [6.07, 6.45) is 2.83. The van der Waals surface area contributed by atoms with Crippen molar-refractivity contribution in [3.8, 4) is 0 Å². The summed E-state index contributed by atoms with van der Waals surface area (Å²) in [4.78, 5) is 6.86. The fourth-order valence-corrected chi connectivity index (χ4v) is 4.47. The van der Waals surface area contributed by atoms with Crippen molar-refractivity contribution in [1.82, 2.24) is 15.1 Å². The van der Waals surface area contributed by atoms with Gasteiger partial charge in [-0.3, -0.25) is 9.80 Å². The molecule has 3 nitrogen and oxygen atoms in total. The van der Waals surface area contributed by atoms with E-state index in [1.807, 2.05) is 11.3 Å². The van der Waals surface area contributed by atoms with Gasteiger partial charge in [-0.15, -0.1) is 11.3 Å². The van der Waals surface area contributed by atoms with Gasteiger partial charge in [0.05, 0.1) is 0 Å². The molecule has 1 aliphatic carbocycles. The molecule has 0 radical (unpaired) electrons. The lowest BCUT2D eigenvalue weighted by Gasteiger charge is -2.47. The third kappa shape index (κ3) is 2.59. The molecule has 1 aromatic rings. The van der Waals surface area contributed by atoms with Gasteiger partial charge in [0.2, 0.25) is 0 Å². The van der Waals surface area contributed by atoms with Crippen LogP contribution in [0.4, 0.5) is 0 Å². The quantitative estimate of drug-likeness (QED) is 0.885. The average Bonchev–Trinajstić information content (AvgIpc) is 3.15. The summed E-state index contributed by atoms with van der Waals surface area (Å²) in [5.74, 6) is 0.898. The molecule has 104 valence electrons. The van der Waals surface area contributed by atoms with Crippen LogP contribution in [0.5, 0.6) is 0 Å². The van der Waals surface area contributed by atoms with E-state index in [4.69, 9.17) is 0 Å². The first-order valence-electron chi connectivity index (χ1n) is 7.63. The third-order valence-corrected chi connectivity index (χ3v) is 5.86. The van der Waals surface area contributed by atoms with Gasteiger partial charge in [-0.05, 0) is 30.2 Å². The van der Waals surface area contributed by atoms with Crippen LogP contribution in [0.25, 0.3) is 0 Å². The Hall–Kier alpha value is -0.420. The smallest absolute Gasteiger partial charge is 0.0443 e. The van der Waals surface area contributed by atoms with E-state index in [1.165, 1.54) is 45.6 Å². The Labute approximate surface area is 119 Å². The zero-order valence-corrected chi connectivity index (χ0v) is 12.2. The second-order valence-corrected chi connectivity index (χ2v) is 7.21. The zero-order chi connectivity index (χ0) is 12.7. The van der Waals surface area contributed by atoms with E-state index in [2.05, 4.69) is 32.6 Å². The summed E-state index contributed by atoms with van der Waals surface area (Å²) in [5, 5.41) is 6.09. The molecule has 19 heavy (non-hydrogen) atoms. The number of nitrogens with zero attached hydrogens (tertiary/aromatic N) is 2. The normalized spacial score (nSPS) is 35.5. The summed E-state index contributed by atoms with van der Waals surface area (Å²) < 4.78 is 0. The van der Waals surface area contributed by atoms with Gasteiger partial charge < -0.3 is 5.32 Å². The molecule has 2 atom stereocenters. The van der Waals surface area contributed by atoms with Crippen LogP contribution in [-0.4, -0.2) is 55.1 Å².